The Kier molecular flexibility index (Phi) is 4.29. The van der Waals surface area contributed by atoms with Crippen molar-refractivity contribution >= 4 is 33.7 Å². The van der Waals surface area contributed by atoms with Crippen LogP contribution in [0.25, 0.3) is 10.8 Å². The van der Waals surface area contributed by atoms with E-state index in [1.54, 1.807) is 11.3 Å². The van der Waals surface area contributed by atoms with Gasteiger partial charge in [0.25, 0.3) is 0 Å². The predicted octanol–water partition coefficient (Wildman–Crippen LogP) is 5.56. The van der Waals surface area contributed by atoms with Crippen LogP contribution in [0.5, 0.6) is 0 Å². The number of rotatable bonds is 4. The number of aryl methyl sites for hydroxylation is 1. The van der Waals surface area contributed by atoms with E-state index in [9.17, 15) is 0 Å². The van der Waals surface area contributed by atoms with Crippen molar-refractivity contribution in [2.45, 2.75) is 19.9 Å². The fourth-order valence-corrected chi connectivity index (χ4v) is 3.97. The quantitative estimate of drug-likeness (QED) is 0.664. The summed E-state index contributed by atoms with van der Waals surface area (Å²) in [6.07, 6.45) is 0. The van der Waals surface area contributed by atoms with Crippen molar-refractivity contribution in [2.24, 2.45) is 0 Å². The van der Waals surface area contributed by atoms with Crippen LogP contribution in [0.1, 0.15) is 29.0 Å². The van der Waals surface area contributed by atoms with Crippen molar-refractivity contribution in [1.82, 2.24) is 5.32 Å². The van der Waals surface area contributed by atoms with Crippen LogP contribution in [-0.4, -0.2) is 6.54 Å². The number of thiophene rings is 1. The van der Waals surface area contributed by atoms with Gasteiger partial charge in [0.15, 0.2) is 0 Å². The standard InChI is InChI=1S/C18H18ClNS/c1-3-20-18(15-10-11-16(19)21-15)17-12(2)8-9-13-6-4-5-7-14(13)17/h4-11,18,20H,3H2,1-2H3. The molecule has 1 atom stereocenters. The highest BCUT2D eigenvalue weighted by Gasteiger charge is 2.19. The molecule has 1 nitrogen and oxygen atoms in total. The fourth-order valence-electron chi connectivity index (χ4n) is 2.82. The van der Waals surface area contributed by atoms with E-state index in [2.05, 4.69) is 61.6 Å². The van der Waals surface area contributed by atoms with E-state index in [1.165, 1.54) is 26.8 Å². The Labute approximate surface area is 134 Å². The minimum atomic E-state index is 0.193. The molecule has 0 bridgehead atoms. The predicted molar refractivity (Wildman–Crippen MR) is 93.5 cm³/mol. The van der Waals surface area contributed by atoms with Gasteiger partial charge in [-0.1, -0.05) is 54.9 Å². The van der Waals surface area contributed by atoms with Crippen LogP contribution in [0, 0.1) is 6.92 Å². The largest absolute Gasteiger partial charge is 0.306 e. The minimum absolute atomic E-state index is 0.193. The molecule has 0 saturated carbocycles. The van der Waals surface area contributed by atoms with Gasteiger partial charge in [-0.25, -0.2) is 0 Å². The second-order valence-corrected chi connectivity index (χ2v) is 6.90. The molecule has 2 aromatic carbocycles. The van der Waals surface area contributed by atoms with Gasteiger partial charge in [0.1, 0.15) is 0 Å². The van der Waals surface area contributed by atoms with E-state index in [0.717, 1.165) is 10.9 Å². The molecule has 1 unspecified atom stereocenters. The Bertz CT molecular complexity index is 763. The number of hydrogen-bond donors (Lipinski definition) is 1. The van der Waals surface area contributed by atoms with Gasteiger partial charge in [0.2, 0.25) is 0 Å². The Morgan fingerprint density at radius 3 is 2.62 bits per heavy atom. The van der Waals surface area contributed by atoms with Crippen molar-refractivity contribution in [3.63, 3.8) is 0 Å². The third-order valence-corrected chi connectivity index (χ3v) is 5.06. The molecular weight excluding hydrogens is 298 g/mol. The molecule has 0 spiro atoms. The van der Waals surface area contributed by atoms with Gasteiger partial charge >= 0.3 is 0 Å². The number of fused-ring (bicyclic) bond motifs is 1. The van der Waals surface area contributed by atoms with E-state index >= 15 is 0 Å². The molecule has 3 rings (SSSR count). The fraction of sp³-hybridized carbons (Fsp3) is 0.222. The van der Waals surface area contributed by atoms with Crippen LogP contribution in [0.15, 0.2) is 48.5 Å². The van der Waals surface area contributed by atoms with Gasteiger partial charge in [-0.05, 0) is 47.5 Å². The normalized spacial score (nSPS) is 12.7. The van der Waals surface area contributed by atoms with Crippen LogP contribution in [0.2, 0.25) is 4.34 Å². The summed E-state index contributed by atoms with van der Waals surface area (Å²) in [5.41, 5.74) is 2.66. The SMILES string of the molecule is CCNC(c1ccc(Cl)s1)c1c(C)ccc2ccccc12. The van der Waals surface area contributed by atoms with Crippen LogP contribution in [-0.2, 0) is 0 Å². The molecule has 0 radical (unpaired) electrons. The average Bonchev–Trinajstić information content (AvgIpc) is 2.92. The lowest BCUT2D eigenvalue weighted by atomic mass is 9.93. The smallest absolute Gasteiger partial charge is 0.0931 e. The number of benzene rings is 2. The number of halogens is 1. The van der Waals surface area contributed by atoms with E-state index in [-0.39, 0.29) is 6.04 Å². The van der Waals surface area contributed by atoms with Crippen molar-refractivity contribution in [3.8, 4) is 0 Å². The van der Waals surface area contributed by atoms with E-state index < -0.39 is 0 Å². The van der Waals surface area contributed by atoms with Crippen LogP contribution < -0.4 is 5.32 Å². The van der Waals surface area contributed by atoms with Gasteiger partial charge in [-0.15, -0.1) is 11.3 Å². The third kappa shape index (κ3) is 2.84. The number of hydrogen-bond acceptors (Lipinski definition) is 2. The first-order valence-corrected chi connectivity index (χ1v) is 8.37. The second kappa shape index (κ2) is 6.18. The molecule has 21 heavy (non-hydrogen) atoms. The molecular formula is C18H18ClNS. The summed E-state index contributed by atoms with van der Waals surface area (Å²) < 4.78 is 0.839. The van der Waals surface area contributed by atoms with E-state index in [4.69, 9.17) is 11.6 Å². The lowest BCUT2D eigenvalue weighted by molar-refractivity contribution is 0.640. The molecule has 3 heteroatoms. The Morgan fingerprint density at radius 2 is 1.90 bits per heavy atom. The maximum absolute atomic E-state index is 6.14. The van der Waals surface area contributed by atoms with Gasteiger partial charge in [-0.3, -0.25) is 0 Å². The Morgan fingerprint density at radius 1 is 1.10 bits per heavy atom. The summed E-state index contributed by atoms with van der Waals surface area (Å²) in [6, 6.07) is 17.3. The summed E-state index contributed by atoms with van der Waals surface area (Å²) in [7, 11) is 0. The zero-order chi connectivity index (χ0) is 14.8. The molecule has 0 aliphatic rings. The van der Waals surface area contributed by atoms with Crippen molar-refractivity contribution in [1.29, 1.82) is 0 Å². The average molecular weight is 316 g/mol. The zero-order valence-corrected chi connectivity index (χ0v) is 13.8. The topological polar surface area (TPSA) is 12.0 Å². The van der Waals surface area contributed by atoms with Crippen LogP contribution >= 0.6 is 22.9 Å². The summed E-state index contributed by atoms with van der Waals surface area (Å²) >= 11 is 7.79. The molecule has 3 aromatic rings. The van der Waals surface area contributed by atoms with Crippen molar-refractivity contribution < 1.29 is 0 Å². The Hall–Kier alpha value is -1.35. The molecule has 1 N–H and O–H groups in total. The summed E-state index contributed by atoms with van der Waals surface area (Å²) in [4.78, 5) is 1.27. The van der Waals surface area contributed by atoms with Crippen molar-refractivity contribution in [2.75, 3.05) is 6.54 Å². The summed E-state index contributed by atoms with van der Waals surface area (Å²) in [6.45, 7) is 5.24. The van der Waals surface area contributed by atoms with Gasteiger partial charge in [0, 0.05) is 4.88 Å². The molecule has 108 valence electrons. The molecule has 1 heterocycles. The lowest BCUT2D eigenvalue weighted by Crippen LogP contribution is -2.22. The van der Waals surface area contributed by atoms with E-state index in [0.29, 0.717) is 0 Å². The highest BCUT2D eigenvalue weighted by molar-refractivity contribution is 7.16. The van der Waals surface area contributed by atoms with Crippen molar-refractivity contribution in [3.05, 3.63) is 68.9 Å². The second-order valence-electron chi connectivity index (χ2n) is 5.15. The molecule has 0 aliphatic carbocycles. The summed E-state index contributed by atoms with van der Waals surface area (Å²) in [5, 5.41) is 6.21. The zero-order valence-electron chi connectivity index (χ0n) is 12.2. The molecule has 0 fully saturated rings. The minimum Gasteiger partial charge on any atom is -0.306 e. The van der Waals surface area contributed by atoms with Gasteiger partial charge in [-0.2, -0.15) is 0 Å². The first-order valence-electron chi connectivity index (χ1n) is 7.17. The maximum atomic E-state index is 6.14. The highest BCUT2D eigenvalue weighted by Crippen LogP contribution is 2.36. The maximum Gasteiger partial charge on any atom is 0.0931 e. The first-order chi connectivity index (χ1) is 10.2. The number of nitrogens with one attached hydrogen (secondary N) is 1. The summed E-state index contributed by atoms with van der Waals surface area (Å²) in [5.74, 6) is 0. The molecule has 1 aromatic heterocycles. The van der Waals surface area contributed by atoms with E-state index in [1.807, 2.05) is 6.07 Å². The van der Waals surface area contributed by atoms with Crippen LogP contribution in [0.3, 0.4) is 0 Å². The first kappa shape index (κ1) is 14.6. The third-order valence-electron chi connectivity index (χ3n) is 3.76. The lowest BCUT2D eigenvalue weighted by Gasteiger charge is -2.21. The van der Waals surface area contributed by atoms with Gasteiger partial charge < -0.3 is 5.32 Å². The van der Waals surface area contributed by atoms with Crippen LogP contribution in [0.4, 0.5) is 0 Å². The highest BCUT2D eigenvalue weighted by atomic mass is 35.5. The molecule has 0 saturated heterocycles. The molecule has 0 aliphatic heterocycles. The monoisotopic (exact) mass is 315 g/mol. The molecule has 0 amide bonds. The van der Waals surface area contributed by atoms with Gasteiger partial charge in [0.05, 0.1) is 10.4 Å². The Balaban J connectivity index is 2.21.